The van der Waals surface area contributed by atoms with Crippen LogP contribution in [-0.4, -0.2) is 56.7 Å². The van der Waals surface area contributed by atoms with Crippen molar-refractivity contribution >= 4 is 34.3 Å². The molecule has 1 aliphatic carbocycles. The number of aliphatic hydroxyl groups excluding tert-OH is 2. The summed E-state index contributed by atoms with van der Waals surface area (Å²) in [6.07, 6.45) is 10.1. The number of β-amino-alcohol motifs (C(OH)–C–C–N with tert-alkyl or cyclic N) is 1. The van der Waals surface area contributed by atoms with Crippen LogP contribution in [0, 0.1) is 16.0 Å². The Labute approximate surface area is 209 Å². The molecule has 1 aromatic heterocycles. The van der Waals surface area contributed by atoms with Crippen LogP contribution in [0.25, 0.3) is 22.2 Å². The number of piperidine rings is 1. The fourth-order valence-electron chi connectivity index (χ4n) is 6.20. The largest absolute Gasteiger partial charge is 0.396 e. The van der Waals surface area contributed by atoms with E-state index in [1.165, 1.54) is 32.1 Å². The molecule has 2 aromatic carbocycles. The van der Waals surface area contributed by atoms with Crippen LogP contribution in [0.5, 0.6) is 0 Å². The molecule has 1 saturated carbocycles. The molecule has 9 heteroatoms. The summed E-state index contributed by atoms with van der Waals surface area (Å²) >= 11 is 0. The van der Waals surface area contributed by atoms with E-state index in [0.717, 1.165) is 22.2 Å². The predicted octanol–water partition coefficient (Wildman–Crippen LogP) is 4.55. The molecule has 0 radical (unpaired) electrons. The summed E-state index contributed by atoms with van der Waals surface area (Å²) in [7, 11) is 0. The number of aliphatic hydroxyl groups is 2. The minimum Gasteiger partial charge on any atom is -0.396 e. The second-order valence-corrected chi connectivity index (χ2v) is 10.3. The van der Waals surface area contributed by atoms with Gasteiger partial charge in [0.1, 0.15) is 5.69 Å². The number of hydrogen-bond acceptors (Lipinski definition) is 7. The van der Waals surface area contributed by atoms with Gasteiger partial charge in [0.15, 0.2) is 0 Å². The highest BCUT2D eigenvalue weighted by molar-refractivity contribution is 5.96. The number of anilines is 1. The van der Waals surface area contributed by atoms with Gasteiger partial charge >= 0.3 is 0 Å². The summed E-state index contributed by atoms with van der Waals surface area (Å²) in [6.45, 7) is 0.691. The van der Waals surface area contributed by atoms with Crippen molar-refractivity contribution in [3.8, 4) is 11.1 Å². The summed E-state index contributed by atoms with van der Waals surface area (Å²) in [5.41, 5.74) is 5.60. The lowest BCUT2D eigenvalue weighted by atomic mass is 9.92. The Hall–Kier alpha value is -3.30. The maximum absolute atomic E-state index is 12.2. The number of nitro benzene ring substituents is 1. The van der Waals surface area contributed by atoms with Crippen LogP contribution in [0.15, 0.2) is 35.6 Å². The van der Waals surface area contributed by atoms with Gasteiger partial charge in [-0.05, 0) is 43.0 Å². The molecular formula is C27H31N5O4. The molecule has 0 amide bonds. The predicted molar refractivity (Wildman–Crippen MR) is 139 cm³/mol. The van der Waals surface area contributed by atoms with Crippen molar-refractivity contribution in [1.82, 2.24) is 9.55 Å². The SMILES string of the molecule is O=[N+]([O-])c1c(N2CC[C@H](CO)[C@@H](O)C2)cc(-c2ccc3c(c2)ncn3C2CCCCC2)c2c1CC=N2. The standard InChI is InChI=1S/C27H31N5O4/c33-15-18-9-11-30(14-25(18)34)24-13-21(26-20(8-10-28-26)27(24)32(35)36)17-6-7-23-22(12-17)29-16-31(23)19-4-2-1-3-5-19/h6-7,10,12-13,16,18-19,25,33-34H,1-5,8-9,11,14-15H2/t18-,25+/m1/s1. The van der Waals surface area contributed by atoms with Gasteiger partial charge in [0.05, 0.1) is 39.6 Å². The van der Waals surface area contributed by atoms with E-state index in [4.69, 9.17) is 4.98 Å². The third kappa shape index (κ3) is 3.87. The summed E-state index contributed by atoms with van der Waals surface area (Å²) in [6, 6.07) is 8.57. The van der Waals surface area contributed by atoms with E-state index in [2.05, 4.69) is 27.8 Å². The topological polar surface area (TPSA) is 117 Å². The minimum atomic E-state index is -0.739. The number of rotatable bonds is 5. The second kappa shape index (κ2) is 9.29. The molecule has 3 aromatic rings. The van der Waals surface area contributed by atoms with E-state index in [9.17, 15) is 20.3 Å². The molecule has 2 N–H and O–H groups in total. The van der Waals surface area contributed by atoms with E-state index >= 15 is 0 Å². The van der Waals surface area contributed by atoms with Gasteiger partial charge in [-0.25, -0.2) is 4.98 Å². The molecule has 0 unspecified atom stereocenters. The number of hydrogen-bond donors (Lipinski definition) is 2. The number of imidazole rings is 1. The molecular weight excluding hydrogens is 458 g/mol. The summed E-state index contributed by atoms with van der Waals surface area (Å²) in [4.78, 5) is 23.0. The van der Waals surface area contributed by atoms with E-state index in [0.29, 0.717) is 42.4 Å². The van der Waals surface area contributed by atoms with Crippen LogP contribution in [-0.2, 0) is 6.42 Å². The smallest absolute Gasteiger partial charge is 0.298 e. The molecule has 2 atom stereocenters. The first-order valence-corrected chi connectivity index (χ1v) is 12.9. The Morgan fingerprint density at radius 1 is 1.14 bits per heavy atom. The van der Waals surface area contributed by atoms with E-state index in [1.807, 2.05) is 17.3 Å². The monoisotopic (exact) mass is 489 g/mol. The van der Waals surface area contributed by atoms with Crippen LogP contribution < -0.4 is 4.90 Å². The molecule has 188 valence electrons. The van der Waals surface area contributed by atoms with Crippen molar-refractivity contribution in [2.45, 2.75) is 57.1 Å². The van der Waals surface area contributed by atoms with Crippen LogP contribution in [0.4, 0.5) is 17.1 Å². The van der Waals surface area contributed by atoms with Gasteiger partial charge in [-0.3, -0.25) is 15.1 Å². The first-order valence-electron chi connectivity index (χ1n) is 12.9. The normalized spacial score (nSPS) is 22.3. The molecule has 36 heavy (non-hydrogen) atoms. The Morgan fingerprint density at radius 3 is 2.72 bits per heavy atom. The Bertz CT molecular complexity index is 1340. The number of benzene rings is 2. The molecule has 3 aliphatic rings. The van der Waals surface area contributed by atoms with Crippen molar-refractivity contribution < 1.29 is 15.1 Å². The third-order valence-electron chi connectivity index (χ3n) is 8.20. The van der Waals surface area contributed by atoms with Crippen molar-refractivity contribution in [2.24, 2.45) is 10.9 Å². The number of aromatic nitrogens is 2. The molecule has 2 fully saturated rings. The quantitative estimate of drug-likeness (QED) is 0.401. The molecule has 9 nitrogen and oxygen atoms in total. The third-order valence-corrected chi connectivity index (χ3v) is 8.20. The molecule has 3 heterocycles. The van der Waals surface area contributed by atoms with Crippen LogP contribution in [0.2, 0.25) is 0 Å². The lowest BCUT2D eigenvalue weighted by molar-refractivity contribution is -0.384. The fraction of sp³-hybridized carbons (Fsp3) is 0.481. The average Bonchev–Trinajstić information content (AvgIpc) is 3.55. The minimum absolute atomic E-state index is 0.0588. The van der Waals surface area contributed by atoms with E-state index < -0.39 is 6.10 Å². The lowest BCUT2D eigenvalue weighted by Crippen LogP contribution is -2.45. The Kier molecular flexibility index (Phi) is 5.97. The van der Waals surface area contributed by atoms with Crippen LogP contribution in [0.1, 0.15) is 50.1 Å². The molecule has 0 spiro atoms. The zero-order chi connectivity index (χ0) is 24.8. The fourth-order valence-corrected chi connectivity index (χ4v) is 6.20. The van der Waals surface area contributed by atoms with Gasteiger partial charge in [0.2, 0.25) is 0 Å². The van der Waals surface area contributed by atoms with Crippen LogP contribution in [0.3, 0.4) is 0 Å². The van der Waals surface area contributed by atoms with Crippen LogP contribution >= 0.6 is 0 Å². The van der Waals surface area contributed by atoms with Gasteiger partial charge < -0.3 is 19.7 Å². The maximum atomic E-state index is 12.2. The van der Waals surface area contributed by atoms with Gasteiger partial charge in [-0.2, -0.15) is 0 Å². The lowest BCUT2D eigenvalue weighted by Gasteiger charge is -2.36. The first-order chi connectivity index (χ1) is 17.5. The first kappa shape index (κ1) is 23.1. The number of nitro groups is 1. The summed E-state index contributed by atoms with van der Waals surface area (Å²) in [5, 5.41) is 32.3. The van der Waals surface area contributed by atoms with E-state index in [-0.39, 0.29) is 29.7 Å². The molecule has 1 saturated heterocycles. The Morgan fingerprint density at radius 2 is 1.97 bits per heavy atom. The van der Waals surface area contributed by atoms with Crippen molar-refractivity contribution in [1.29, 1.82) is 0 Å². The Balaban J connectivity index is 1.44. The zero-order valence-corrected chi connectivity index (χ0v) is 20.2. The maximum Gasteiger partial charge on any atom is 0.298 e. The summed E-state index contributed by atoms with van der Waals surface area (Å²) in [5.74, 6) is -0.209. The zero-order valence-electron chi connectivity index (χ0n) is 20.2. The van der Waals surface area contributed by atoms with Gasteiger partial charge in [0.25, 0.3) is 5.69 Å². The molecule has 2 aliphatic heterocycles. The van der Waals surface area contributed by atoms with Gasteiger partial charge in [0, 0.05) is 49.9 Å². The van der Waals surface area contributed by atoms with Crippen molar-refractivity contribution in [2.75, 3.05) is 24.6 Å². The number of nitrogens with zero attached hydrogens (tertiary/aromatic N) is 5. The highest BCUT2D eigenvalue weighted by Gasteiger charge is 2.35. The van der Waals surface area contributed by atoms with Gasteiger partial charge in [-0.15, -0.1) is 0 Å². The van der Waals surface area contributed by atoms with Crippen molar-refractivity contribution in [3.63, 3.8) is 0 Å². The van der Waals surface area contributed by atoms with E-state index in [1.54, 1.807) is 6.21 Å². The highest BCUT2D eigenvalue weighted by Crippen LogP contribution is 2.47. The highest BCUT2D eigenvalue weighted by atomic mass is 16.6. The molecule has 0 bridgehead atoms. The molecule has 6 rings (SSSR count). The average molecular weight is 490 g/mol. The second-order valence-electron chi connectivity index (χ2n) is 10.3. The summed E-state index contributed by atoms with van der Waals surface area (Å²) < 4.78 is 2.30. The van der Waals surface area contributed by atoms with Gasteiger partial charge in [-0.1, -0.05) is 25.3 Å². The van der Waals surface area contributed by atoms with Crippen molar-refractivity contribution in [3.05, 3.63) is 46.3 Å². The number of fused-ring (bicyclic) bond motifs is 2. The number of aliphatic imine (C=N–C) groups is 1.